The largest absolute Gasteiger partial charge is 0.418 e. The molecule has 0 aliphatic carbocycles. The highest BCUT2D eigenvalue weighted by Gasteiger charge is 2.33. The number of anilines is 1. The van der Waals surface area contributed by atoms with Crippen LogP contribution in [0.3, 0.4) is 0 Å². The van der Waals surface area contributed by atoms with Crippen LogP contribution in [0.15, 0.2) is 81.7 Å². The van der Waals surface area contributed by atoms with E-state index in [0.29, 0.717) is 0 Å². The molecule has 0 aliphatic rings. The first kappa shape index (κ1) is 21.8. The van der Waals surface area contributed by atoms with E-state index in [1.54, 1.807) is 18.2 Å². The van der Waals surface area contributed by atoms with E-state index in [4.69, 9.17) is 0 Å². The van der Waals surface area contributed by atoms with Crippen molar-refractivity contribution in [3.63, 3.8) is 0 Å². The van der Waals surface area contributed by atoms with Crippen molar-refractivity contribution in [2.24, 2.45) is 0 Å². The quantitative estimate of drug-likeness (QED) is 0.567. The topological polar surface area (TPSA) is 89.0 Å². The third kappa shape index (κ3) is 5.16. The van der Waals surface area contributed by atoms with Crippen LogP contribution in [-0.4, -0.2) is 30.3 Å². The number of hydrogen-bond donors (Lipinski definition) is 1. The summed E-state index contributed by atoms with van der Waals surface area (Å²) in [5, 5.41) is 9.70. The minimum absolute atomic E-state index is 0.0717. The molecule has 3 rings (SSSR count). The van der Waals surface area contributed by atoms with Gasteiger partial charge in [-0.2, -0.15) is 13.2 Å². The number of hydrogen-bond acceptors (Lipinski definition) is 6. The summed E-state index contributed by atoms with van der Waals surface area (Å²) in [6.07, 6.45) is -4.59. The Labute approximate surface area is 174 Å². The Hall–Kier alpha value is -2.92. The first-order valence-electron chi connectivity index (χ1n) is 8.40. The summed E-state index contributed by atoms with van der Waals surface area (Å²) >= 11 is 0.915. The lowest BCUT2D eigenvalue weighted by molar-refractivity contribution is -0.137. The van der Waals surface area contributed by atoms with E-state index in [0.717, 1.165) is 23.9 Å². The second-order valence-corrected chi connectivity index (χ2v) is 8.80. The fraction of sp³-hybridized carbons (Fsp3) is 0.105. The third-order valence-corrected chi connectivity index (χ3v) is 6.38. The van der Waals surface area contributed by atoms with Gasteiger partial charge in [-0.25, -0.2) is 8.42 Å². The maximum absolute atomic E-state index is 13.0. The molecular formula is C19H14F3N3O3S2. The molecule has 6 nitrogen and oxygen atoms in total. The van der Waals surface area contributed by atoms with Crippen LogP contribution in [0.5, 0.6) is 0 Å². The van der Waals surface area contributed by atoms with Gasteiger partial charge in [0.15, 0.2) is 5.03 Å². The number of amides is 1. The van der Waals surface area contributed by atoms with Gasteiger partial charge < -0.3 is 5.32 Å². The van der Waals surface area contributed by atoms with Crippen LogP contribution >= 0.6 is 11.8 Å². The molecule has 0 spiro atoms. The number of para-hydroxylation sites is 1. The molecule has 2 aromatic carbocycles. The van der Waals surface area contributed by atoms with Crippen LogP contribution < -0.4 is 5.32 Å². The van der Waals surface area contributed by atoms with E-state index in [1.807, 2.05) is 0 Å². The van der Waals surface area contributed by atoms with Crippen LogP contribution in [0.25, 0.3) is 0 Å². The lowest BCUT2D eigenvalue weighted by Crippen LogP contribution is -2.18. The van der Waals surface area contributed by atoms with Gasteiger partial charge in [-0.15, -0.1) is 10.2 Å². The van der Waals surface area contributed by atoms with E-state index in [9.17, 15) is 26.4 Å². The number of halogens is 3. The summed E-state index contributed by atoms with van der Waals surface area (Å²) in [5.41, 5.74) is -1.29. The number of benzene rings is 2. The van der Waals surface area contributed by atoms with E-state index in [-0.39, 0.29) is 26.4 Å². The van der Waals surface area contributed by atoms with Crippen LogP contribution in [0.1, 0.15) is 5.56 Å². The zero-order valence-corrected chi connectivity index (χ0v) is 16.8. The summed E-state index contributed by atoms with van der Waals surface area (Å²) in [6.45, 7) is 0. The molecule has 1 N–H and O–H groups in total. The average Bonchev–Trinajstić information content (AvgIpc) is 2.73. The molecule has 0 atom stereocenters. The molecule has 0 aliphatic heterocycles. The maximum Gasteiger partial charge on any atom is 0.418 e. The van der Waals surface area contributed by atoms with Gasteiger partial charge >= 0.3 is 6.18 Å². The van der Waals surface area contributed by atoms with Crippen molar-refractivity contribution in [3.8, 4) is 0 Å². The molecule has 0 saturated carbocycles. The number of alkyl halides is 3. The van der Waals surface area contributed by atoms with Gasteiger partial charge in [0.25, 0.3) is 0 Å². The fourth-order valence-corrected chi connectivity index (χ4v) is 4.18. The Kier molecular flexibility index (Phi) is 6.42. The SMILES string of the molecule is O=C(CSc1ccc(S(=O)(=O)c2ccccc2)nn1)Nc1ccccc1C(F)(F)F. The van der Waals surface area contributed by atoms with Crippen LogP contribution in [0.4, 0.5) is 18.9 Å². The van der Waals surface area contributed by atoms with Crippen molar-refractivity contribution in [2.75, 3.05) is 11.1 Å². The molecule has 3 aromatic rings. The highest BCUT2D eigenvalue weighted by Crippen LogP contribution is 2.34. The molecule has 0 fully saturated rings. The Bertz CT molecular complexity index is 1140. The van der Waals surface area contributed by atoms with Crippen LogP contribution in [-0.2, 0) is 20.8 Å². The number of carbonyl (C=O) groups excluding carboxylic acids is 1. The van der Waals surface area contributed by atoms with Crippen molar-refractivity contribution >= 4 is 33.2 Å². The summed E-state index contributed by atoms with van der Waals surface area (Å²) in [5.74, 6) is -0.898. The predicted molar refractivity (Wildman–Crippen MR) is 105 cm³/mol. The van der Waals surface area contributed by atoms with Crippen molar-refractivity contribution < 1.29 is 26.4 Å². The Morgan fingerprint density at radius 3 is 2.23 bits per heavy atom. The summed E-state index contributed by atoms with van der Waals surface area (Å²) < 4.78 is 63.9. The molecular weight excluding hydrogens is 439 g/mol. The number of sulfone groups is 1. The summed E-state index contributed by atoms with van der Waals surface area (Å²) in [6, 6.07) is 15.0. The van der Waals surface area contributed by atoms with Crippen LogP contribution in [0, 0.1) is 0 Å². The Morgan fingerprint density at radius 2 is 1.60 bits per heavy atom. The van der Waals surface area contributed by atoms with Crippen molar-refractivity contribution in [2.45, 2.75) is 21.1 Å². The van der Waals surface area contributed by atoms with Gasteiger partial charge in [0.2, 0.25) is 15.7 Å². The smallest absolute Gasteiger partial charge is 0.325 e. The zero-order chi connectivity index (χ0) is 21.8. The minimum Gasteiger partial charge on any atom is -0.325 e. The number of aromatic nitrogens is 2. The first-order valence-corrected chi connectivity index (χ1v) is 10.9. The maximum atomic E-state index is 13.0. The van der Waals surface area contributed by atoms with Gasteiger partial charge in [-0.1, -0.05) is 42.1 Å². The lowest BCUT2D eigenvalue weighted by Gasteiger charge is -2.13. The standard InChI is InChI=1S/C19H14F3N3O3S2/c20-19(21,22)14-8-4-5-9-15(14)23-16(26)12-29-17-10-11-18(25-24-17)30(27,28)13-6-2-1-3-7-13/h1-11H,12H2,(H,23,26). The highest BCUT2D eigenvalue weighted by molar-refractivity contribution is 7.99. The van der Waals surface area contributed by atoms with Gasteiger partial charge in [-0.3, -0.25) is 4.79 Å². The van der Waals surface area contributed by atoms with E-state index >= 15 is 0 Å². The zero-order valence-electron chi connectivity index (χ0n) is 15.1. The van der Waals surface area contributed by atoms with E-state index < -0.39 is 27.5 Å². The molecule has 30 heavy (non-hydrogen) atoms. The molecule has 1 amide bonds. The molecule has 156 valence electrons. The number of thioether (sulfide) groups is 1. The molecule has 0 unspecified atom stereocenters. The Balaban J connectivity index is 1.64. The fourth-order valence-electron chi connectivity index (χ4n) is 2.41. The molecule has 0 saturated heterocycles. The van der Waals surface area contributed by atoms with Gasteiger partial charge in [0.05, 0.1) is 21.9 Å². The van der Waals surface area contributed by atoms with Gasteiger partial charge in [-0.05, 0) is 36.4 Å². The molecule has 0 radical (unpaired) electrons. The number of rotatable bonds is 6. The molecule has 11 heteroatoms. The second-order valence-electron chi connectivity index (χ2n) is 5.91. The molecule has 1 aromatic heterocycles. The first-order chi connectivity index (χ1) is 14.2. The van der Waals surface area contributed by atoms with Gasteiger partial charge in [0.1, 0.15) is 5.03 Å². The molecule has 1 heterocycles. The summed E-state index contributed by atoms with van der Waals surface area (Å²) in [7, 11) is -3.82. The normalized spacial score (nSPS) is 11.8. The van der Waals surface area contributed by atoms with Crippen molar-refractivity contribution in [3.05, 3.63) is 72.3 Å². The average molecular weight is 453 g/mol. The summed E-state index contributed by atoms with van der Waals surface area (Å²) in [4.78, 5) is 12.1. The lowest BCUT2D eigenvalue weighted by atomic mass is 10.1. The van der Waals surface area contributed by atoms with Crippen molar-refractivity contribution in [1.82, 2.24) is 10.2 Å². The van der Waals surface area contributed by atoms with Crippen LogP contribution in [0.2, 0.25) is 0 Å². The number of nitrogens with zero attached hydrogens (tertiary/aromatic N) is 2. The third-order valence-electron chi connectivity index (χ3n) is 3.80. The van der Waals surface area contributed by atoms with E-state index in [1.165, 1.54) is 36.4 Å². The van der Waals surface area contributed by atoms with E-state index in [2.05, 4.69) is 15.5 Å². The minimum atomic E-state index is -4.59. The predicted octanol–water partition coefficient (Wildman–Crippen LogP) is 4.06. The monoisotopic (exact) mass is 453 g/mol. The molecule has 0 bridgehead atoms. The second kappa shape index (κ2) is 8.84. The Morgan fingerprint density at radius 1 is 0.933 bits per heavy atom. The highest BCUT2D eigenvalue weighted by atomic mass is 32.2. The van der Waals surface area contributed by atoms with Crippen molar-refractivity contribution in [1.29, 1.82) is 0 Å². The number of nitrogens with one attached hydrogen (secondary N) is 1. The number of carbonyl (C=O) groups is 1. The van der Waals surface area contributed by atoms with Gasteiger partial charge in [0, 0.05) is 0 Å².